The topological polar surface area (TPSA) is 87.7 Å². The van der Waals surface area contributed by atoms with Crippen LogP contribution < -0.4 is 10.6 Å². The molecule has 8 heteroatoms. The lowest BCUT2D eigenvalue weighted by Crippen LogP contribution is -2.50. The highest BCUT2D eigenvalue weighted by Gasteiger charge is 2.25. The Hall–Kier alpha value is -2.22. The highest BCUT2D eigenvalue weighted by atomic mass is 19.2. The Labute approximate surface area is 139 Å². The van der Waals surface area contributed by atoms with Gasteiger partial charge in [-0.1, -0.05) is 19.9 Å². The third kappa shape index (κ3) is 5.77. The van der Waals surface area contributed by atoms with Crippen LogP contribution in [-0.2, 0) is 9.53 Å². The highest BCUT2D eigenvalue weighted by Crippen LogP contribution is 2.15. The fourth-order valence-corrected chi connectivity index (χ4v) is 1.98. The number of hydrogen-bond acceptors (Lipinski definition) is 4. The number of alkyl carbamates (subject to hydrolysis) is 1. The van der Waals surface area contributed by atoms with E-state index < -0.39 is 35.8 Å². The molecule has 0 aliphatic rings. The molecule has 0 saturated heterocycles. The minimum absolute atomic E-state index is 0.133. The second-order valence-corrected chi connectivity index (χ2v) is 5.52. The third-order valence-corrected chi connectivity index (χ3v) is 3.30. The Morgan fingerprint density at radius 1 is 1.25 bits per heavy atom. The predicted octanol–water partition coefficient (Wildman–Crippen LogP) is 1.89. The largest absolute Gasteiger partial charge is 0.450 e. The summed E-state index contributed by atoms with van der Waals surface area (Å²) in [5.41, 5.74) is 0.133. The van der Waals surface area contributed by atoms with Crippen LogP contribution in [0.15, 0.2) is 18.2 Å². The zero-order chi connectivity index (χ0) is 18.3. The summed E-state index contributed by atoms with van der Waals surface area (Å²) in [4.78, 5) is 23.6. The first kappa shape index (κ1) is 19.8. The fraction of sp³-hybridized carbons (Fsp3) is 0.500. The lowest BCUT2D eigenvalue weighted by molar-refractivity contribution is -0.124. The van der Waals surface area contributed by atoms with E-state index in [1.54, 1.807) is 20.8 Å². The van der Waals surface area contributed by atoms with Crippen LogP contribution in [0.4, 0.5) is 13.6 Å². The second kappa shape index (κ2) is 9.17. The van der Waals surface area contributed by atoms with Gasteiger partial charge >= 0.3 is 6.09 Å². The molecule has 1 aromatic carbocycles. The number of halogens is 2. The quantitative estimate of drug-likeness (QED) is 0.705. The molecule has 1 rings (SSSR count). The molecule has 2 unspecified atom stereocenters. The van der Waals surface area contributed by atoms with Crippen LogP contribution in [0.2, 0.25) is 0 Å². The standard InChI is InChI=1S/C16H22F2N2O4/c1-4-24-16(23)20-14(9(2)3)15(22)19-8-13(21)10-5-6-11(17)12(18)7-10/h5-7,9,13-14,21H,4,8H2,1-3H3,(H,19,22)(H,20,23). The molecule has 2 amide bonds. The van der Waals surface area contributed by atoms with Gasteiger partial charge < -0.3 is 20.5 Å². The first-order valence-electron chi connectivity index (χ1n) is 7.60. The molecule has 2 atom stereocenters. The normalized spacial score (nSPS) is 13.3. The predicted molar refractivity (Wildman–Crippen MR) is 83.1 cm³/mol. The van der Waals surface area contributed by atoms with E-state index in [2.05, 4.69) is 10.6 Å². The van der Waals surface area contributed by atoms with Gasteiger partial charge in [-0.3, -0.25) is 4.79 Å². The SMILES string of the molecule is CCOC(=O)NC(C(=O)NCC(O)c1ccc(F)c(F)c1)C(C)C. The molecule has 0 spiro atoms. The van der Waals surface area contributed by atoms with Crippen molar-refractivity contribution in [3.05, 3.63) is 35.4 Å². The number of nitrogens with one attached hydrogen (secondary N) is 2. The second-order valence-electron chi connectivity index (χ2n) is 5.52. The Morgan fingerprint density at radius 3 is 2.46 bits per heavy atom. The van der Waals surface area contributed by atoms with Gasteiger partial charge in [0.25, 0.3) is 0 Å². The molecule has 0 aromatic heterocycles. The number of aliphatic hydroxyl groups is 1. The van der Waals surface area contributed by atoms with Crippen molar-refractivity contribution in [3.63, 3.8) is 0 Å². The Morgan fingerprint density at radius 2 is 1.92 bits per heavy atom. The van der Waals surface area contributed by atoms with E-state index in [0.717, 1.165) is 12.1 Å². The molecule has 0 radical (unpaired) electrons. The molecule has 0 fully saturated rings. The summed E-state index contributed by atoms with van der Waals surface area (Å²) >= 11 is 0. The van der Waals surface area contributed by atoms with Crippen LogP contribution >= 0.6 is 0 Å². The first-order valence-corrected chi connectivity index (χ1v) is 7.60. The number of rotatable bonds is 7. The summed E-state index contributed by atoms with van der Waals surface area (Å²) in [5.74, 6) is -2.83. The number of aliphatic hydroxyl groups excluding tert-OH is 1. The zero-order valence-corrected chi connectivity index (χ0v) is 13.8. The summed E-state index contributed by atoms with van der Waals surface area (Å²) < 4.78 is 30.8. The van der Waals surface area contributed by atoms with Gasteiger partial charge in [-0.15, -0.1) is 0 Å². The van der Waals surface area contributed by atoms with Crippen molar-refractivity contribution in [2.45, 2.75) is 32.9 Å². The number of carbonyl (C=O) groups is 2. The monoisotopic (exact) mass is 344 g/mol. The first-order chi connectivity index (χ1) is 11.3. The number of carbonyl (C=O) groups excluding carboxylic acids is 2. The molecular weight excluding hydrogens is 322 g/mol. The van der Waals surface area contributed by atoms with E-state index in [4.69, 9.17) is 4.74 Å². The van der Waals surface area contributed by atoms with Crippen molar-refractivity contribution in [3.8, 4) is 0 Å². The van der Waals surface area contributed by atoms with Gasteiger partial charge in [0.2, 0.25) is 5.91 Å². The average molecular weight is 344 g/mol. The molecule has 134 valence electrons. The molecule has 1 aromatic rings. The van der Waals surface area contributed by atoms with E-state index in [1.165, 1.54) is 6.07 Å². The molecule has 0 bridgehead atoms. The minimum Gasteiger partial charge on any atom is -0.450 e. The maximum atomic E-state index is 13.2. The van der Waals surface area contributed by atoms with E-state index >= 15 is 0 Å². The average Bonchev–Trinajstić information content (AvgIpc) is 2.52. The zero-order valence-electron chi connectivity index (χ0n) is 13.8. The molecule has 3 N–H and O–H groups in total. The molecule has 0 saturated carbocycles. The van der Waals surface area contributed by atoms with Crippen LogP contribution in [0.3, 0.4) is 0 Å². The molecule has 0 heterocycles. The van der Waals surface area contributed by atoms with E-state index in [0.29, 0.717) is 0 Å². The number of benzene rings is 1. The smallest absolute Gasteiger partial charge is 0.407 e. The van der Waals surface area contributed by atoms with Crippen LogP contribution in [0.1, 0.15) is 32.4 Å². The van der Waals surface area contributed by atoms with Crippen molar-refractivity contribution in [1.82, 2.24) is 10.6 Å². The van der Waals surface area contributed by atoms with Crippen LogP contribution in [0, 0.1) is 17.6 Å². The van der Waals surface area contributed by atoms with Gasteiger partial charge in [0.15, 0.2) is 11.6 Å². The van der Waals surface area contributed by atoms with Crippen molar-refractivity contribution in [2.24, 2.45) is 5.92 Å². The summed E-state index contributed by atoms with van der Waals surface area (Å²) in [6, 6.07) is 2.14. The van der Waals surface area contributed by atoms with Crippen LogP contribution in [0.5, 0.6) is 0 Å². The molecule has 6 nitrogen and oxygen atoms in total. The lowest BCUT2D eigenvalue weighted by Gasteiger charge is -2.22. The Balaban J connectivity index is 2.63. The molecule has 24 heavy (non-hydrogen) atoms. The maximum absolute atomic E-state index is 13.2. The summed E-state index contributed by atoms with van der Waals surface area (Å²) in [7, 11) is 0. The maximum Gasteiger partial charge on any atom is 0.407 e. The fourth-order valence-electron chi connectivity index (χ4n) is 1.98. The van der Waals surface area contributed by atoms with E-state index in [9.17, 15) is 23.5 Å². The minimum atomic E-state index is -1.21. The van der Waals surface area contributed by atoms with Crippen molar-refractivity contribution in [2.75, 3.05) is 13.2 Å². The summed E-state index contributed by atoms with van der Waals surface area (Å²) in [5, 5.41) is 14.9. The Kier molecular flexibility index (Phi) is 7.57. The highest BCUT2D eigenvalue weighted by molar-refractivity contribution is 5.85. The summed E-state index contributed by atoms with van der Waals surface area (Å²) in [6.07, 6.45) is -1.92. The van der Waals surface area contributed by atoms with Crippen LogP contribution in [-0.4, -0.2) is 36.3 Å². The Bertz CT molecular complexity index is 581. The van der Waals surface area contributed by atoms with Crippen LogP contribution in [0.25, 0.3) is 0 Å². The van der Waals surface area contributed by atoms with Crippen molar-refractivity contribution < 1.29 is 28.2 Å². The van der Waals surface area contributed by atoms with E-state index in [-0.39, 0.29) is 24.6 Å². The molecule has 0 aliphatic heterocycles. The molecular formula is C16H22F2N2O4. The lowest BCUT2D eigenvalue weighted by atomic mass is 10.0. The van der Waals surface area contributed by atoms with E-state index in [1.807, 2.05) is 0 Å². The van der Waals surface area contributed by atoms with Gasteiger partial charge in [-0.25, -0.2) is 13.6 Å². The van der Waals surface area contributed by atoms with Gasteiger partial charge in [0.05, 0.1) is 12.7 Å². The van der Waals surface area contributed by atoms with Crippen molar-refractivity contribution in [1.29, 1.82) is 0 Å². The third-order valence-electron chi connectivity index (χ3n) is 3.30. The number of ether oxygens (including phenoxy) is 1. The molecule has 0 aliphatic carbocycles. The number of amides is 2. The van der Waals surface area contributed by atoms with Gasteiger partial charge in [-0.2, -0.15) is 0 Å². The van der Waals surface area contributed by atoms with Gasteiger partial charge in [0.1, 0.15) is 6.04 Å². The number of hydrogen-bond donors (Lipinski definition) is 3. The van der Waals surface area contributed by atoms with Gasteiger partial charge in [-0.05, 0) is 30.5 Å². The van der Waals surface area contributed by atoms with Gasteiger partial charge in [0, 0.05) is 6.54 Å². The van der Waals surface area contributed by atoms with Crippen molar-refractivity contribution >= 4 is 12.0 Å². The summed E-state index contributed by atoms with van der Waals surface area (Å²) in [6.45, 7) is 5.08.